The van der Waals surface area contributed by atoms with Gasteiger partial charge in [-0.25, -0.2) is 4.79 Å². The molecule has 1 atom stereocenters. The van der Waals surface area contributed by atoms with E-state index in [2.05, 4.69) is 20.4 Å². The Morgan fingerprint density at radius 3 is 2.14 bits per heavy atom. The van der Waals surface area contributed by atoms with Crippen LogP contribution in [0.4, 0.5) is 0 Å². The molecule has 4 saturated carbocycles. The normalized spacial score (nSPS) is 38.6. The van der Waals surface area contributed by atoms with Gasteiger partial charge < -0.3 is 4.74 Å². The maximum Gasteiger partial charge on any atom is 0.333 e. The zero-order chi connectivity index (χ0) is 15.9. The lowest BCUT2D eigenvalue weighted by atomic mass is 9.48. The van der Waals surface area contributed by atoms with Gasteiger partial charge in [0.25, 0.3) is 0 Å². The molecule has 2 heteroatoms. The van der Waals surface area contributed by atoms with Gasteiger partial charge in [0.2, 0.25) is 0 Å². The van der Waals surface area contributed by atoms with Crippen LogP contribution in [0.2, 0.25) is 0 Å². The lowest BCUT2D eigenvalue weighted by Gasteiger charge is -2.58. The Morgan fingerprint density at radius 1 is 1.14 bits per heavy atom. The Bertz CT molecular complexity index is 425. The van der Waals surface area contributed by atoms with Gasteiger partial charge in [-0.3, -0.25) is 0 Å². The third kappa shape index (κ3) is 2.86. The summed E-state index contributed by atoms with van der Waals surface area (Å²) in [4.78, 5) is 12.2. The van der Waals surface area contributed by atoms with Crippen molar-refractivity contribution in [3.63, 3.8) is 0 Å². The summed E-state index contributed by atoms with van der Waals surface area (Å²) >= 11 is 0. The molecule has 4 aliphatic carbocycles. The number of hydrogen-bond donors (Lipinski definition) is 0. The van der Waals surface area contributed by atoms with E-state index in [0.717, 1.165) is 42.9 Å². The first kappa shape index (κ1) is 16.1. The third-order valence-electron chi connectivity index (χ3n) is 6.63. The maximum atomic E-state index is 12.2. The van der Waals surface area contributed by atoms with Crippen molar-refractivity contribution in [2.75, 3.05) is 0 Å². The SMILES string of the molecule is C=C(C)C(=O)OC(C)(CCCC)C1C2CC3CC(C2)CC1C3. The first-order valence-electron chi connectivity index (χ1n) is 9.31. The van der Waals surface area contributed by atoms with Crippen molar-refractivity contribution in [1.82, 2.24) is 0 Å². The number of carbonyl (C=O) groups excluding carboxylic acids is 1. The van der Waals surface area contributed by atoms with Gasteiger partial charge in [0, 0.05) is 11.5 Å². The van der Waals surface area contributed by atoms with E-state index in [0.29, 0.717) is 11.5 Å². The fraction of sp³-hybridized carbons (Fsp3) is 0.850. The molecule has 0 aliphatic heterocycles. The van der Waals surface area contributed by atoms with Crippen LogP contribution >= 0.6 is 0 Å². The fourth-order valence-electron chi connectivity index (χ4n) is 6.03. The van der Waals surface area contributed by atoms with Crippen molar-refractivity contribution >= 4 is 5.97 Å². The lowest BCUT2D eigenvalue weighted by molar-refractivity contribution is -0.182. The molecule has 4 fully saturated rings. The predicted molar refractivity (Wildman–Crippen MR) is 89.4 cm³/mol. The van der Waals surface area contributed by atoms with Crippen LogP contribution in [0.5, 0.6) is 0 Å². The first-order valence-corrected chi connectivity index (χ1v) is 9.31. The van der Waals surface area contributed by atoms with Crippen molar-refractivity contribution in [2.45, 2.75) is 77.7 Å². The predicted octanol–water partition coefficient (Wildman–Crippen LogP) is 5.13. The molecule has 0 heterocycles. The van der Waals surface area contributed by atoms with Gasteiger partial charge in [0.15, 0.2) is 0 Å². The molecule has 0 amide bonds. The Labute approximate surface area is 135 Å². The molecule has 0 N–H and O–H groups in total. The van der Waals surface area contributed by atoms with E-state index in [1.165, 1.54) is 32.1 Å². The third-order valence-corrected chi connectivity index (χ3v) is 6.63. The Kier molecular flexibility index (Phi) is 4.40. The second-order valence-corrected chi connectivity index (χ2v) is 8.54. The van der Waals surface area contributed by atoms with E-state index in [1.54, 1.807) is 6.92 Å². The zero-order valence-corrected chi connectivity index (χ0v) is 14.6. The van der Waals surface area contributed by atoms with Gasteiger partial charge >= 0.3 is 5.97 Å². The number of esters is 1. The van der Waals surface area contributed by atoms with E-state index in [9.17, 15) is 4.79 Å². The highest BCUT2D eigenvalue weighted by molar-refractivity contribution is 5.87. The fourth-order valence-corrected chi connectivity index (χ4v) is 6.03. The van der Waals surface area contributed by atoms with Gasteiger partial charge in [-0.15, -0.1) is 0 Å². The molecule has 22 heavy (non-hydrogen) atoms. The summed E-state index contributed by atoms with van der Waals surface area (Å²) in [5.74, 6) is 3.90. The molecule has 4 bridgehead atoms. The molecule has 2 nitrogen and oxygen atoms in total. The highest BCUT2D eigenvalue weighted by atomic mass is 16.6. The van der Waals surface area contributed by atoms with E-state index >= 15 is 0 Å². The molecule has 0 spiro atoms. The smallest absolute Gasteiger partial charge is 0.333 e. The molecule has 0 aromatic heterocycles. The van der Waals surface area contributed by atoms with Crippen LogP contribution < -0.4 is 0 Å². The standard InChI is InChI=1S/C20H32O2/c1-5-6-7-20(4,22-19(21)13(2)3)18-16-9-14-8-15(11-16)12-17(18)10-14/h14-18H,2,5-12H2,1,3-4H3. The number of carbonyl (C=O) groups is 1. The first-order chi connectivity index (χ1) is 10.4. The topological polar surface area (TPSA) is 26.3 Å². The minimum absolute atomic E-state index is 0.188. The molecule has 4 aliphatic rings. The summed E-state index contributed by atoms with van der Waals surface area (Å²) in [7, 11) is 0. The second-order valence-electron chi connectivity index (χ2n) is 8.54. The van der Waals surface area contributed by atoms with Crippen molar-refractivity contribution < 1.29 is 9.53 Å². The lowest BCUT2D eigenvalue weighted by Crippen LogP contribution is -2.55. The molecule has 0 radical (unpaired) electrons. The van der Waals surface area contributed by atoms with Crippen LogP contribution in [0.15, 0.2) is 12.2 Å². The summed E-state index contributed by atoms with van der Waals surface area (Å²) in [6, 6.07) is 0. The summed E-state index contributed by atoms with van der Waals surface area (Å²) < 4.78 is 6.09. The number of rotatable bonds is 6. The van der Waals surface area contributed by atoms with Gasteiger partial charge in [-0.1, -0.05) is 19.9 Å². The molecule has 0 aromatic rings. The van der Waals surface area contributed by atoms with Crippen LogP contribution in [-0.2, 0) is 9.53 Å². The average molecular weight is 304 g/mol. The summed E-state index contributed by atoms with van der Waals surface area (Å²) in [5, 5.41) is 0. The quantitative estimate of drug-likeness (QED) is 0.502. The van der Waals surface area contributed by atoms with Crippen LogP contribution in [0, 0.1) is 29.6 Å². The van der Waals surface area contributed by atoms with Crippen molar-refractivity contribution in [2.24, 2.45) is 29.6 Å². The second kappa shape index (κ2) is 6.02. The zero-order valence-electron chi connectivity index (χ0n) is 14.6. The molecule has 0 saturated heterocycles. The number of ether oxygens (including phenoxy) is 1. The molecule has 1 unspecified atom stereocenters. The average Bonchev–Trinajstić information content (AvgIpc) is 2.43. The minimum Gasteiger partial charge on any atom is -0.456 e. The molecular weight excluding hydrogens is 272 g/mol. The van der Waals surface area contributed by atoms with Crippen molar-refractivity contribution in [3.05, 3.63) is 12.2 Å². The van der Waals surface area contributed by atoms with E-state index < -0.39 is 0 Å². The number of unbranched alkanes of at least 4 members (excludes halogenated alkanes) is 1. The van der Waals surface area contributed by atoms with Crippen LogP contribution in [0.25, 0.3) is 0 Å². The van der Waals surface area contributed by atoms with E-state index in [4.69, 9.17) is 4.74 Å². The Balaban J connectivity index is 1.82. The molecule has 0 aromatic carbocycles. The Hall–Kier alpha value is -0.790. The maximum absolute atomic E-state index is 12.2. The molecule has 4 rings (SSSR count). The van der Waals surface area contributed by atoms with Gasteiger partial charge in [-0.05, 0) is 82.5 Å². The highest BCUT2D eigenvalue weighted by Crippen LogP contribution is 2.60. The molecular formula is C20H32O2. The Morgan fingerprint density at radius 2 is 1.68 bits per heavy atom. The largest absolute Gasteiger partial charge is 0.456 e. The monoisotopic (exact) mass is 304 g/mol. The summed E-state index contributed by atoms with van der Waals surface area (Å²) in [6.07, 6.45) is 10.3. The number of hydrogen-bond acceptors (Lipinski definition) is 2. The highest BCUT2D eigenvalue weighted by Gasteiger charge is 2.55. The summed E-state index contributed by atoms with van der Waals surface area (Å²) in [6.45, 7) is 9.98. The van der Waals surface area contributed by atoms with Gasteiger partial charge in [0.05, 0.1) is 0 Å². The minimum atomic E-state index is -0.283. The van der Waals surface area contributed by atoms with Crippen LogP contribution in [-0.4, -0.2) is 11.6 Å². The van der Waals surface area contributed by atoms with Gasteiger partial charge in [-0.2, -0.15) is 0 Å². The molecule has 124 valence electrons. The van der Waals surface area contributed by atoms with Crippen LogP contribution in [0.3, 0.4) is 0 Å². The van der Waals surface area contributed by atoms with Crippen molar-refractivity contribution in [3.8, 4) is 0 Å². The van der Waals surface area contributed by atoms with Gasteiger partial charge in [0.1, 0.15) is 5.60 Å². The van der Waals surface area contributed by atoms with E-state index in [-0.39, 0.29) is 11.6 Å². The van der Waals surface area contributed by atoms with Crippen molar-refractivity contribution in [1.29, 1.82) is 0 Å². The van der Waals surface area contributed by atoms with Crippen LogP contribution in [0.1, 0.15) is 72.1 Å². The van der Waals surface area contributed by atoms with E-state index in [1.807, 2.05) is 0 Å². The summed E-state index contributed by atoms with van der Waals surface area (Å²) in [5.41, 5.74) is 0.251.